The van der Waals surface area contributed by atoms with Crippen LogP contribution in [0.25, 0.3) is 16.6 Å². The summed E-state index contributed by atoms with van der Waals surface area (Å²) in [6.45, 7) is 4.55. The van der Waals surface area contributed by atoms with Gasteiger partial charge in [-0.05, 0) is 50.2 Å². The fourth-order valence-corrected chi connectivity index (χ4v) is 2.95. The molecule has 0 spiro atoms. The topological polar surface area (TPSA) is 42.2 Å². The molecule has 0 aliphatic heterocycles. The Morgan fingerprint density at radius 3 is 2.79 bits per heavy atom. The second-order valence-electron chi connectivity index (χ2n) is 5.95. The van der Waals surface area contributed by atoms with Crippen LogP contribution in [0, 0.1) is 19.7 Å². The maximum absolute atomic E-state index is 13.6. The molecule has 4 aromatic rings. The van der Waals surface area contributed by atoms with Crippen LogP contribution in [0.1, 0.15) is 17.1 Å². The minimum Gasteiger partial charge on any atom is -0.379 e. The average Bonchev–Trinajstić information content (AvgIpc) is 2.98. The number of hydrogen-bond acceptors (Lipinski definition) is 3. The van der Waals surface area contributed by atoms with Gasteiger partial charge in [0, 0.05) is 28.7 Å². The minimum absolute atomic E-state index is 0.264. The molecule has 0 amide bonds. The van der Waals surface area contributed by atoms with Gasteiger partial charge in [0.15, 0.2) is 0 Å². The molecular formula is C19H17FN4. The van der Waals surface area contributed by atoms with E-state index in [1.54, 1.807) is 6.07 Å². The number of imidazole rings is 1. The summed E-state index contributed by atoms with van der Waals surface area (Å²) in [7, 11) is 0. The Bertz CT molecular complexity index is 1050. The van der Waals surface area contributed by atoms with Crippen molar-refractivity contribution in [3.63, 3.8) is 0 Å². The largest absolute Gasteiger partial charge is 0.379 e. The van der Waals surface area contributed by atoms with Crippen LogP contribution in [-0.4, -0.2) is 14.4 Å². The molecule has 1 aromatic carbocycles. The molecule has 0 bridgehead atoms. The second kappa shape index (κ2) is 5.60. The number of fused-ring (bicyclic) bond motifs is 2. The van der Waals surface area contributed by atoms with Crippen molar-refractivity contribution in [3.8, 4) is 0 Å². The van der Waals surface area contributed by atoms with Crippen LogP contribution in [0.2, 0.25) is 0 Å². The maximum Gasteiger partial charge on any atom is 0.137 e. The quantitative estimate of drug-likeness (QED) is 0.613. The van der Waals surface area contributed by atoms with Gasteiger partial charge in [-0.3, -0.25) is 4.98 Å². The lowest BCUT2D eigenvalue weighted by molar-refractivity contribution is 0.629. The van der Waals surface area contributed by atoms with Gasteiger partial charge < -0.3 is 9.72 Å². The molecule has 0 saturated carbocycles. The third-order valence-electron chi connectivity index (χ3n) is 4.10. The number of benzene rings is 1. The van der Waals surface area contributed by atoms with E-state index in [4.69, 9.17) is 0 Å². The second-order valence-corrected chi connectivity index (χ2v) is 5.95. The fourth-order valence-electron chi connectivity index (χ4n) is 2.95. The van der Waals surface area contributed by atoms with Crippen LogP contribution in [-0.2, 0) is 6.54 Å². The van der Waals surface area contributed by atoms with E-state index in [1.165, 1.54) is 12.1 Å². The molecule has 4 nitrogen and oxygen atoms in total. The first-order chi connectivity index (χ1) is 11.6. The third-order valence-corrected chi connectivity index (χ3v) is 4.10. The molecule has 0 fully saturated rings. The zero-order chi connectivity index (χ0) is 16.7. The molecule has 3 aromatic heterocycles. The molecule has 1 N–H and O–H groups in total. The summed E-state index contributed by atoms with van der Waals surface area (Å²) in [6.07, 6.45) is 2.02. The van der Waals surface area contributed by atoms with Gasteiger partial charge in [0.2, 0.25) is 0 Å². The highest BCUT2D eigenvalue weighted by Gasteiger charge is 2.07. The summed E-state index contributed by atoms with van der Waals surface area (Å²) in [5, 5.41) is 4.15. The van der Waals surface area contributed by atoms with Crippen molar-refractivity contribution in [2.24, 2.45) is 0 Å². The fraction of sp³-hybridized carbons (Fsp3) is 0.158. The van der Waals surface area contributed by atoms with E-state index < -0.39 is 0 Å². The van der Waals surface area contributed by atoms with Crippen molar-refractivity contribution >= 4 is 22.2 Å². The van der Waals surface area contributed by atoms with Crippen LogP contribution in [0.5, 0.6) is 0 Å². The van der Waals surface area contributed by atoms with Crippen molar-refractivity contribution in [2.45, 2.75) is 20.4 Å². The maximum atomic E-state index is 13.6. The van der Waals surface area contributed by atoms with Crippen LogP contribution < -0.4 is 5.32 Å². The van der Waals surface area contributed by atoms with Crippen molar-refractivity contribution in [1.82, 2.24) is 14.4 Å². The van der Waals surface area contributed by atoms with Crippen LogP contribution in [0.15, 0.2) is 48.7 Å². The van der Waals surface area contributed by atoms with Gasteiger partial charge in [-0.1, -0.05) is 6.07 Å². The first-order valence-electron chi connectivity index (χ1n) is 7.84. The minimum atomic E-state index is -0.264. The first kappa shape index (κ1) is 14.6. The summed E-state index contributed by atoms with van der Waals surface area (Å²) >= 11 is 0. The van der Waals surface area contributed by atoms with E-state index in [9.17, 15) is 4.39 Å². The average molecular weight is 320 g/mol. The molecule has 0 atom stereocenters. The number of hydrogen-bond donors (Lipinski definition) is 1. The summed E-state index contributed by atoms with van der Waals surface area (Å²) < 4.78 is 15.7. The number of rotatable bonds is 3. The lowest BCUT2D eigenvalue weighted by atomic mass is 10.1. The summed E-state index contributed by atoms with van der Waals surface area (Å²) in [6, 6.07) is 12.6. The molecule has 3 heterocycles. The first-order valence-corrected chi connectivity index (χ1v) is 7.84. The standard InChI is InChI=1S/C19H17FN4/c1-12-8-18(16-9-14(20)6-7-17(16)22-12)21-10-15-11-24-13(2)4-3-5-19(24)23-15/h3-9,11H,10H2,1-2H3,(H,21,22). The number of nitrogens with one attached hydrogen (secondary N) is 1. The predicted octanol–water partition coefficient (Wildman–Crippen LogP) is 4.25. The van der Waals surface area contributed by atoms with Crippen LogP contribution in [0.3, 0.4) is 0 Å². The predicted molar refractivity (Wildman–Crippen MR) is 93.7 cm³/mol. The lowest BCUT2D eigenvalue weighted by Crippen LogP contribution is -2.02. The van der Waals surface area contributed by atoms with Crippen molar-refractivity contribution in [1.29, 1.82) is 0 Å². The monoisotopic (exact) mass is 320 g/mol. The van der Waals surface area contributed by atoms with E-state index in [1.807, 2.05) is 44.3 Å². The molecule has 0 radical (unpaired) electrons. The highest BCUT2D eigenvalue weighted by Crippen LogP contribution is 2.24. The Kier molecular flexibility index (Phi) is 3.41. The van der Waals surface area contributed by atoms with Gasteiger partial charge >= 0.3 is 0 Å². The van der Waals surface area contributed by atoms with E-state index in [-0.39, 0.29) is 5.82 Å². The van der Waals surface area contributed by atoms with E-state index in [0.29, 0.717) is 6.54 Å². The molecule has 0 saturated heterocycles. The summed E-state index contributed by atoms with van der Waals surface area (Å²) in [5.41, 5.74) is 5.54. The molecule has 0 aliphatic carbocycles. The van der Waals surface area contributed by atoms with E-state index >= 15 is 0 Å². The normalized spacial score (nSPS) is 11.3. The molecule has 0 unspecified atom stereocenters. The zero-order valence-corrected chi connectivity index (χ0v) is 13.5. The molecule has 0 aliphatic rings. The summed E-state index contributed by atoms with van der Waals surface area (Å²) in [4.78, 5) is 9.07. The van der Waals surface area contributed by atoms with Gasteiger partial charge in [-0.25, -0.2) is 9.37 Å². The molecule has 120 valence electrons. The molecular weight excluding hydrogens is 303 g/mol. The highest BCUT2D eigenvalue weighted by molar-refractivity contribution is 5.91. The molecule has 4 rings (SSSR count). The lowest BCUT2D eigenvalue weighted by Gasteiger charge is -2.10. The Morgan fingerprint density at radius 1 is 1.08 bits per heavy atom. The molecule has 24 heavy (non-hydrogen) atoms. The van der Waals surface area contributed by atoms with Gasteiger partial charge in [-0.2, -0.15) is 0 Å². The number of aromatic nitrogens is 3. The third kappa shape index (κ3) is 2.58. The van der Waals surface area contributed by atoms with Gasteiger partial charge in [-0.15, -0.1) is 0 Å². The number of aryl methyl sites for hydroxylation is 2. The van der Waals surface area contributed by atoms with Gasteiger partial charge in [0.1, 0.15) is 11.5 Å². The Hall–Kier alpha value is -2.95. The Morgan fingerprint density at radius 2 is 1.96 bits per heavy atom. The van der Waals surface area contributed by atoms with E-state index in [0.717, 1.165) is 39.3 Å². The smallest absolute Gasteiger partial charge is 0.137 e. The van der Waals surface area contributed by atoms with Gasteiger partial charge in [0.25, 0.3) is 0 Å². The number of halogens is 1. The number of nitrogens with zero attached hydrogens (tertiary/aromatic N) is 3. The highest BCUT2D eigenvalue weighted by atomic mass is 19.1. The van der Waals surface area contributed by atoms with Gasteiger partial charge in [0.05, 0.1) is 17.8 Å². The van der Waals surface area contributed by atoms with Crippen LogP contribution >= 0.6 is 0 Å². The van der Waals surface area contributed by atoms with Crippen LogP contribution in [0.4, 0.5) is 10.1 Å². The SMILES string of the molecule is Cc1cc(NCc2cn3c(C)cccc3n2)c2cc(F)ccc2n1. The van der Waals surface area contributed by atoms with Crippen molar-refractivity contribution < 1.29 is 4.39 Å². The van der Waals surface area contributed by atoms with Crippen molar-refractivity contribution in [2.75, 3.05) is 5.32 Å². The van der Waals surface area contributed by atoms with Crippen molar-refractivity contribution in [3.05, 3.63) is 71.6 Å². The summed E-state index contributed by atoms with van der Waals surface area (Å²) in [5.74, 6) is -0.264. The Balaban J connectivity index is 1.68. The zero-order valence-electron chi connectivity index (χ0n) is 13.5. The number of anilines is 1. The number of pyridine rings is 2. The molecule has 5 heteroatoms. The van der Waals surface area contributed by atoms with E-state index in [2.05, 4.69) is 19.7 Å². The Labute approximate surface area is 139 Å².